The van der Waals surface area contributed by atoms with Crippen LogP contribution in [0, 0.1) is 0 Å². The number of hydrogen-bond acceptors (Lipinski definition) is 2. The van der Waals surface area contributed by atoms with Crippen molar-refractivity contribution in [3.63, 3.8) is 0 Å². The third-order valence-electron chi connectivity index (χ3n) is 4.44. The molecule has 3 heteroatoms. The fraction of sp³-hybridized carbons (Fsp3) is 0.316. The maximum Gasteiger partial charge on any atom is 0.254 e. The predicted molar refractivity (Wildman–Crippen MR) is 87.2 cm³/mol. The lowest BCUT2D eigenvalue weighted by molar-refractivity contribution is 0.0714. The first-order valence-corrected chi connectivity index (χ1v) is 7.69. The van der Waals surface area contributed by atoms with E-state index in [0.717, 1.165) is 19.3 Å². The zero-order valence-electron chi connectivity index (χ0n) is 13.1. The molecule has 2 aromatic carbocycles. The van der Waals surface area contributed by atoms with Crippen LogP contribution >= 0.6 is 0 Å². The van der Waals surface area contributed by atoms with E-state index in [4.69, 9.17) is 4.74 Å². The number of aryl methyl sites for hydroxylation is 1. The van der Waals surface area contributed by atoms with Crippen molar-refractivity contribution < 1.29 is 9.53 Å². The van der Waals surface area contributed by atoms with E-state index in [0.29, 0.717) is 11.3 Å². The van der Waals surface area contributed by atoms with Gasteiger partial charge in [0.15, 0.2) is 0 Å². The highest BCUT2D eigenvalue weighted by Gasteiger charge is 2.27. The van der Waals surface area contributed by atoms with Gasteiger partial charge >= 0.3 is 0 Å². The van der Waals surface area contributed by atoms with Gasteiger partial charge in [-0.05, 0) is 48.6 Å². The van der Waals surface area contributed by atoms with Crippen molar-refractivity contribution in [2.24, 2.45) is 0 Å². The van der Waals surface area contributed by atoms with Gasteiger partial charge in [0.25, 0.3) is 5.91 Å². The average molecular weight is 295 g/mol. The minimum Gasteiger partial charge on any atom is -0.497 e. The summed E-state index contributed by atoms with van der Waals surface area (Å²) in [6.07, 6.45) is 3.24. The third-order valence-corrected chi connectivity index (χ3v) is 4.44. The lowest BCUT2D eigenvalue weighted by atomic mass is 9.87. The highest BCUT2D eigenvalue weighted by atomic mass is 16.5. The van der Waals surface area contributed by atoms with E-state index in [1.807, 2.05) is 30.1 Å². The molecule has 22 heavy (non-hydrogen) atoms. The second-order valence-corrected chi connectivity index (χ2v) is 5.75. The normalized spacial score (nSPS) is 16.7. The van der Waals surface area contributed by atoms with Crippen LogP contribution in [0.4, 0.5) is 0 Å². The van der Waals surface area contributed by atoms with Gasteiger partial charge in [-0.2, -0.15) is 0 Å². The summed E-state index contributed by atoms with van der Waals surface area (Å²) in [6, 6.07) is 16.0. The van der Waals surface area contributed by atoms with Crippen LogP contribution in [0.3, 0.4) is 0 Å². The molecule has 1 atom stereocenters. The summed E-state index contributed by atoms with van der Waals surface area (Å²) in [5, 5.41) is 0. The van der Waals surface area contributed by atoms with Crippen LogP contribution in [0.1, 0.15) is 40.4 Å². The standard InChI is InChI=1S/C19H21NO2/c1-20(19(21)15-9-5-10-16(13-15)22-2)18-12-6-8-14-7-3-4-11-17(14)18/h3-5,7,9-11,13,18H,6,8,12H2,1-2H3. The predicted octanol–water partition coefficient (Wildman–Crippen LogP) is 3.84. The van der Waals surface area contributed by atoms with Gasteiger partial charge in [-0.15, -0.1) is 0 Å². The van der Waals surface area contributed by atoms with E-state index < -0.39 is 0 Å². The number of hydrogen-bond donors (Lipinski definition) is 0. The van der Waals surface area contributed by atoms with Crippen LogP contribution in [0.25, 0.3) is 0 Å². The molecule has 0 aromatic heterocycles. The van der Waals surface area contributed by atoms with Gasteiger partial charge in [0.1, 0.15) is 5.75 Å². The Labute approximate surface area is 131 Å². The highest BCUT2D eigenvalue weighted by Crippen LogP contribution is 2.34. The first kappa shape index (κ1) is 14.6. The molecule has 0 bridgehead atoms. The molecule has 1 amide bonds. The van der Waals surface area contributed by atoms with E-state index in [2.05, 4.69) is 24.3 Å². The van der Waals surface area contributed by atoms with Crippen molar-refractivity contribution in [1.29, 1.82) is 0 Å². The highest BCUT2D eigenvalue weighted by molar-refractivity contribution is 5.94. The van der Waals surface area contributed by atoms with Gasteiger partial charge in [-0.1, -0.05) is 30.3 Å². The van der Waals surface area contributed by atoms with Crippen molar-refractivity contribution in [3.05, 3.63) is 65.2 Å². The van der Waals surface area contributed by atoms with Gasteiger partial charge < -0.3 is 9.64 Å². The molecule has 0 fully saturated rings. The summed E-state index contributed by atoms with van der Waals surface area (Å²) in [4.78, 5) is 14.7. The molecular weight excluding hydrogens is 274 g/mol. The second-order valence-electron chi connectivity index (χ2n) is 5.75. The van der Waals surface area contributed by atoms with E-state index in [1.54, 1.807) is 13.2 Å². The Kier molecular flexibility index (Phi) is 4.14. The smallest absolute Gasteiger partial charge is 0.254 e. The van der Waals surface area contributed by atoms with E-state index >= 15 is 0 Å². The molecule has 1 aliphatic carbocycles. The van der Waals surface area contributed by atoms with Crippen LogP contribution in [0.5, 0.6) is 5.75 Å². The molecule has 2 aromatic rings. The van der Waals surface area contributed by atoms with Crippen molar-refractivity contribution in [1.82, 2.24) is 4.90 Å². The molecule has 0 radical (unpaired) electrons. The molecule has 0 saturated carbocycles. The Balaban J connectivity index is 1.88. The van der Waals surface area contributed by atoms with Crippen molar-refractivity contribution in [3.8, 4) is 5.75 Å². The Morgan fingerprint density at radius 1 is 1.18 bits per heavy atom. The molecule has 0 spiro atoms. The number of carbonyl (C=O) groups excluding carboxylic acids is 1. The maximum absolute atomic E-state index is 12.8. The van der Waals surface area contributed by atoms with Crippen LogP contribution in [0.2, 0.25) is 0 Å². The van der Waals surface area contributed by atoms with Gasteiger partial charge in [-0.3, -0.25) is 4.79 Å². The number of nitrogens with zero attached hydrogens (tertiary/aromatic N) is 1. The number of carbonyl (C=O) groups is 1. The Morgan fingerprint density at radius 2 is 2.00 bits per heavy atom. The molecule has 0 heterocycles. The quantitative estimate of drug-likeness (QED) is 0.861. The summed E-state index contributed by atoms with van der Waals surface area (Å²) in [5.74, 6) is 0.754. The van der Waals surface area contributed by atoms with E-state index in [1.165, 1.54) is 11.1 Å². The number of ether oxygens (including phenoxy) is 1. The molecule has 1 unspecified atom stereocenters. The summed E-state index contributed by atoms with van der Waals surface area (Å²) >= 11 is 0. The van der Waals surface area contributed by atoms with Crippen LogP contribution in [0.15, 0.2) is 48.5 Å². The van der Waals surface area contributed by atoms with E-state index in [9.17, 15) is 4.79 Å². The Hall–Kier alpha value is -2.29. The number of fused-ring (bicyclic) bond motifs is 1. The number of amides is 1. The lowest BCUT2D eigenvalue weighted by Gasteiger charge is -2.33. The summed E-state index contributed by atoms with van der Waals surface area (Å²) < 4.78 is 5.22. The van der Waals surface area contributed by atoms with Gasteiger partial charge in [0.2, 0.25) is 0 Å². The second kappa shape index (κ2) is 6.22. The first-order valence-electron chi connectivity index (χ1n) is 7.69. The fourth-order valence-corrected chi connectivity index (χ4v) is 3.23. The van der Waals surface area contributed by atoms with Crippen LogP contribution in [-0.4, -0.2) is 25.0 Å². The Bertz CT molecular complexity index is 681. The minimum absolute atomic E-state index is 0.0422. The third kappa shape index (κ3) is 2.71. The molecular formula is C19H21NO2. The molecule has 0 N–H and O–H groups in total. The van der Waals surface area contributed by atoms with Crippen LogP contribution < -0.4 is 4.74 Å². The molecule has 3 nitrogen and oxygen atoms in total. The summed E-state index contributed by atoms with van der Waals surface area (Å²) in [6.45, 7) is 0. The number of methoxy groups -OCH3 is 1. The largest absolute Gasteiger partial charge is 0.497 e. The van der Waals surface area contributed by atoms with Gasteiger partial charge in [-0.25, -0.2) is 0 Å². The van der Waals surface area contributed by atoms with Gasteiger partial charge in [0.05, 0.1) is 13.2 Å². The molecule has 1 aliphatic rings. The molecule has 3 rings (SSSR count). The number of rotatable bonds is 3. The molecule has 0 saturated heterocycles. The SMILES string of the molecule is COc1cccc(C(=O)N(C)C2CCCc3ccccc32)c1. The van der Waals surface area contributed by atoms with Gasteiger partial charge in [0, 0.05) is 12.6 Å². The van der Waals surface area contributed by atoms with Crippen LogP contribution in [-0.2, 0) is 6.42 Å². The fourth-order valence-electron chi connectivity index (χ4n) is 3.23. The molecule has 0 aliphatic heterocycles. The maximum atomic E-state index is 12.8. The summed E-state index contributed by atoms with van der Waals surface area (Å²) in [5.41, 5.74) is 3.32. The minimum atomic E-state index is 0.0422. The number of benzene rings is 2. The zero-order valence-corrected chi connectivity index (χ0v) is 13.1. The molecule has 114 valence electrons. The van der Waals surface area contributed by atoms with Crippen molar-refractivity contribution in [2.45, 2.75) is 25.3 Å². The topological polar surface area (TPSA) is 29.5 Å². The monoisotopic (exact) mass is 295 g/mol. The van der Waals surface area contributed by atoms with Crippen molar-refractivity contribution in [2.75, 3.05) is 14.2 Å². The first-order chi connectivity index (χ1) is 10.7. The van der Waals surface area contributed by atoms with E-state index in [-0.39, 0.29) is 11.9 Å². The average Bonchev–Trinajstić information content (AvgIpc) is 2.60. The zero-order chi connectivity index (χ0) is 15.5. The lowest BCUT2D eigenvalue weighted by Crippen LogP contribution is -2.33. The van der Waals surface area contributed by atoms with Crippen molar-refractivity contribution >= 4 is 5.91 Å². The summed E-state index contributed by atoms with van der Waals surface area (Å²) in [7, 11) is 3.51. The Morgan fingerprint density at radius 3 is 2.82 bits per heavy atom.